The van der Waals surface area contributed by atoms with Crippen molar-refractivity contribution in [3.05, 3.63) is 50.6 Å². The highest BCUT2D eigenvalue weighted by molar-refractivity contribution is 8.00. The Morgan fingerprint density at radius 1 is 1.25 bits per heavy atom. The standard InChI is InChI=1S/C22H22F3N3O2S2/c1-12(19(29)27(2)3)31-21-26-18-17(15-9-4-5-10-16(15)32-18)20(30)28(21)14-8-6-7-13(11-14)22(23,24)25/h6-8,11-12H,4-5,9-10H2,1-3H3. The van der Waals surface area contributed by atoms with E-state index in [1.807, 2.05) is 0 Å². The number of aryl methyl sites for hydroxylation is 2. The van der Waals surface area contributed by atoms with Crippen molar-refractivity contribution in [2.75, 3.05) is 14.1 Å². The van der Waals surface area contributed by atoms with Gasteiger partial charge in [0.1, 0.15) is 4.83 Å². The molecule has 3 aromatic rings. The van der Waals surface area contributed by atoms with E-state index in [4.69, 9.17) is 0 Å². The van der Waals surface area contributed by atoms with Crippen LogP contribution in [0.1, 0.15) is 35.8 Å². The second kappa shape index (κ2) is 8.55. The monoisotopic (exact) mass is 481 g/mol. The Morgan fingerprint density at radius 3 is 2.66 bits per heavy atom. The molecule has 0 saturated carbocycles. The molecule has 1 atom stereocenters. The molecule has 0 bridgehead atoms. The smallest absolute Gasteiger partial charge is 0.348 e. The van der Waals surface area contributed by atoms with Crippen LogP contribution >= 0.6 is 23.1 Å². The maximum Gasteiger partial charge on any atom is 0.416 e. The number of rotatable bonds is 4. The zero-order chi connectivity index (χ0) is 23.2. The molecule has 0 radical (unpaired) electrons. The molecule has 32 heavy (non-hydrogen) atoms. The van der Waals surface area contributed by atoms with Crippen LogP contribution < -0.4 is 5.56 Å². The lowest BCUT2D eigenvalue weighted by molar-refractivity contribution is -0.137. The van der Waals surface area contributed by atoms with Gasteiger partial charge in [-0.3, -0.25) is 14.2 Å². The van der Waals surface area contributed by atoms with E-state index in [-0.39, 0.29) is 22.3 Å². The van der Waals surface area contributed by atoms with Crippen molar-refractivity contribution in [3.63, 3.8) is 0 Å². The maximum absolute atomic E-state index is 13.7. The quantitative estimate of drug-likeness (QED) is 0.392. The zero-order valence-electron chi connectivity index (χ0n) is 17.8. The molecule has 170 valence electrons. The van der Waals surface area contributed by atoms with Gasteiger partial charge in [0.25, 0.3) is 5.56 Å². The van der Waals surface area contributed by atoms with Gasteiger partial charge in [0.05, 0.1) is 21.9 Å². The van der Waals surface area contributed by atoms with Gasteiger partial charge in [0.15, 0.2) is 5.16 Å². The molecule has 0 fully saturated rings. The molecule has 1 aliphatic carbocycles. The second-order valence-corrected chi connectivity index (χ2v) is 10.4. The summed E-state index contributed by atoms with van der Waals surface area (Å²) < 4.78 is 41.3. The first-order valence-electron chi connectivity index (χ1n) is 10.2. The first-order chi connectivity index (χ1) is 15.1. The van der Waals surface area contributed by atoms with E-state index in [2.05, 4.69) is 4.98 Å². The van der Waals surface area contributed by atoms with Crippen molar-refractivity contribution in [1.82, 2.24) is 14.5 Å². The van der Waals surface area contributed by atoms with Crippen molar-refractivity contribution in [2.24, 2.45) is 0 Å². The van der Waals surface area contributed by atoms with Gasteiger partial charge in [-0.25, -0.2) is 4.98 Å². The topological polar surface area (TPSA) is 55.2 Å². The summed E-state index contributed by atoms with van der Waals surface area (Å²) in [5.41, 5.74) is -0.186. The molecule has 1 unspecified atom stereocenters. The number of carbonyl (C=O) groups is 1. The molecule has 2 heterocycles. The molecule has 1 aliphatic rings. The molecule has 1 aromatic carbocycles. The number of benzene rings is 1. The lowest BCUT2D eigenvalue weighted by atomic mass is 9.97. The van der Waals surface area contributed by atoms with Crippen molar-refractivity contribution in [3.8, 4) is 5.69 Å². The van der Waals surface area contributed by atoms with Gasteiger partial charge in [-0.15, -0.1) is 11.3 Å². The van der Waals surface area contributed by atoms with Gasteiger partial charge in [-0.2, -0.15) is 13.2 Å². The van der Waals surface area contributed by atoms with Crippen molar-refractivity contribution < 1.29 is 18.0 Å². The van der Waals surface area contributed by atoms with Crippen molar-refractivity contribution in [2.45, 2.75) is 49.2 Å². The number of fused-ring (bicyclic) bond motifs is 3. The van der Waals surface area contributed by atoms with E-state index in [0.29, 0.717) is 10.2 Å². The summed E-state index contributed by atoms with van der Waals surface area (Å²) >= 11 is 2.54. The zero-order valence-corrected chi connectivity index (χ0v) is 19.5. The van der Waals surface area contributed by atoms with E-state index in [1.165, 1.54) is 32.9 Å². The summed E-state index contributed by atoms with van der Waals surface area (Å²) in [6.45, 7) is 1.69. The summed E-state index contributed by atoms with van der Waals surface area (Å²) in [6, 6.07) is 4.67. The lowest BCUT2D eigenvalue weighted by Crippen LogP contribution is -2.31. The third-order valence-electron chi connectivity index (χ3n) is 5.46. The number of hydrogen-bond acceptors (Lipinski definition) is 5. The lowest BCUT2D eigenvalue weighted by Gasteiger charge is -2.19. The van der Waals surface area contributed by atoms with Crippen LogP contribution in [0.3, 0.4) is 0 Å². The third kappa shape index (κ3) is 4.17. The Kier molecular flexibility index (Phi) is 6.10. The SMILES string of the molecule is CC(Sc1nc2sc3c(c2c(=O)n1-c1cccc(C(F)(F)F)c1)CCCC3)C(=O)N(C)C. The summed E-state index contributed by atoms with van der Waals surface area (Å²) in [7, 11) is 3.26. The predicted octanol–water partition coefficient (Wildman–Crippen LogP) is 4.91. The van der Waals surface area contributed by atoms with E-state index in [0.717, 1.165) is 60.0 Å². The number of hydrogen-bond donors (Lipinski definition) is 0. The largest absolute Gasteiger partial charge is 0.416 e. The van der Waals surface area contributed by atoms with Crippen molar-refractivity contribution >= 4 is 39.2 Å². The van der Waals surface area contributed by atoms with Gasteiger partial charge in [-0.05, 0) is 56.4 Å². The number of alkyl halides is 3. The van der Waals surface area contributed by atoms with Crippen molar-refractivity contribution in [1.29, 1.82) is 0 Å². The normalized spacial score (nSPS) is 14.9. The number of nitrogens with zero attached hydrogens (tertiary/aromatic N) is 3. The van der Waals surface area contributed by atoms with E-state index in [1.54, 1.807) is 21.0 Å². The van der Waals surface area contributed by atoms with Crippen LogP contribution in [0.25, 0.3) is 15.9 Å². The maximum atomic E-state index is 13.7. The molecule has 5 nitrogen and oxygen atoms in total. The fourth-order valence-electron chi connectivity index (χ4n) is 3.89. The fraction of sp³-hybridized carbons (Fsp3) is 0.409. The average molecular weight is 482 g/mol. The minimum Gasteiger partial charge on any atom is -0.348 e. The number of thioether (sulfide) groups is 1. The Labute approximate surface area is 191 Å². The van der Waals surface area contributed by atoms with Crippen LogP contribution in [-0.4, -0.2) is 39.7 Å². The molecular weight excluding hydrogens is 459 g/mol. The first-order valence-corrected chi connectivity index (χ1v) is 11.9. The van der Waals surface area contributed by atoms with Gasteiger partial charge in [0, 0.05) is 19.0 Å². The number of thiophene rings is 1. The minimum atomic E-state index is -4.54. The molecule has 0 saturated heterocycles. The third-order valence-corrected chi connectivity index (χ3v) is 7.69. The minimum absolute atomic E-state index is 0.0852. The van der Waals surface area contributed by atoms with Gasteiger partial charge < -0.3 is 4.90 Å². The van der Waals surface area contributed by atoms with E-state index >= 15 is 0 Å². The van der Waals surface area contributed by atoms with Crippen LogP contribution in [0.15, 0.2) is 34.2 Å². The molecule has 1 amide bonds. The highest BCUT2D eigenvalue weighted by atomic mass is 32.2. The van der Waals surface area contributed by atoms with Gasteiger partial charge >= 0.3 is 6.18 Å². The molecule has 2 aromatic heterocycles. The Morgan fingerprint density at radius 2 is 1.97 bits per heavy atom. The van der Waals surface area contributed by atoms with Crippen LogP contribution in [0.4, 0.5) is 13.2 Å². The number of aromatic nitrogens is 2. The number of amides is 1. The van der Waals surface area contributed by atoms with Crippen LogP contribution in [0, 0.1) is 0 Å². The summed E-state index contributed by atoms with van der Waals surface area (Å²) in [4.78, 5) is 33.9. The summed E-state index contributed by atoms with van der Waals surface area (Å²) in [5, 5.41) is 0.127. The van der Waals surface area contributed by atoms with Crippen LogP contribution in [0.5, 0.6) is 0 Å². The van der Waals surface area contributed by atoms with Gasteiger partial charge in [-0.1, -0.05) is 17.8 Å². The molecule has 10 heteroatoms. The average Bonchev–Trinajstić information content (AvgIpc) is 3.11. The summed E-state index contributed by atoms with van der Waals surface area (Å²) in [5.74, 6) is -0.176. The predicted molar refractivity (Wildman–Crippen MR) is 121 cm³/mol. The highest BCUT2D eigenvalue weighted by Gasteiger charge is 2.31. The van der Waals surface area contributed by atoms with Crippen LogP contribution in [0.2, 0.25) is 0 Å². The fourth-order valence-corrected chi connectivity index (χ4v) is 6.26. The molecule has 0 aliphatic heterocycles. The van der Waals surface area contributed by atoms with E-state index < -0.39 is 17.0 Å². The molecule has 0 spiro atoms. The molecular formula is C22H22F3N3O2S2. The summed E-state index contributed by atoms with van der Waals surface area (Å²) in [6.07, 6.45) is -0.904. The number of halogens is 3. The first kappa shape index (κ1) is 22.8. The Hall–Kier alpha value is -2.33. The Balaban J connectivity index is 1.95. The molecule has 4 rings (SSSR count). The van der Waals surface area contributed by atoms with Crippen LogP contribution in [-0.2, 0) is 23.8 Å². The van der Waals surface area contributed by atoms with E-state index in [9.17, 15) is 22.8 Å². The number of carbonyl (C=O) groups excluding carboxylic acids is 1. The second-order valence-electron chi connectivity index (χ2n) is 7.97. The molecule has 0 N–H and O–H groups in total. The Bertz CT molecular complexity index is 1250. The van der Waals surface area contributed by atoms with Gasteiger partial charge in [0.2, 0.25) is 5.91 Å². The highest BCUT2D eigenvalue weighted by Crippen LogP contribution is 2.36.